The van der Waals surface area contributed by atoms with Gasteiger partial charge >= 0.3 is 12.0 Å². The molecule has 0 atom stereocenters. The number of aromatic carboxylic acids is 1. The molecule has 2 amide bonds. The number of aromatic nitrogens is 1. The Morgan fingerprint density at radius 2 is 2.19 bits per heavy atom. The van der Waals surface area contributed by atoms with E-state index in [9.17, 15) is 9.59 Å². The van der Waals surface area contributed by atoms with Crippen LogP contribution in [0.15, 0.2) is 28.2 Å². The Labute approximate surface area is 133 Å². The molecule has 0 spiro atoms. The van der Waals surface area contributed by atoms with Crippen molar-refractivity contribution in [1.29, 1.82) is 0 Å². The normalized spacial score (nSPS) is 10.2. The number of carbonyl (C=O) groups is 2. The number of halogens is 1. The predicted molar refractivity (Wildman–Crippen MR) is 83.8 cm³/mol. The summed E-state index contributed by atoms with van der Waals surface area (Å²) >= 11 is 4.68. The number of nitrogens with zero attached hydrogens (tertiary/aromatic N) is 1. The first-order valence-electron chi connectivity index (χ1n) is 5.94. The molecule has 2 aromatic rings. The molecule has 0 unspecified atom stereocenters. The van der Waals surface area contributed by atoms with E-state index in [1.807, 2.05) is 6.92 Å². The first kappa shape index (κ1) is 15.5. The number of benzene rings is 1. The molecule has 2 rings (SSSR count). The SMILES string of the molecule is Cc1ncsc1CNC(=O)Nc1c(Br)cccc1C(=O)O. The quantitative estimate of drug-likeness (QED) is 0.771. The molecule has 110 valence electrons. The van der Waals surface area contributed by atoms with Gasteiger partial charge in [-0.15, -0.1) is 11.3 Å². The number of amides is 2. The fourth-order valence-corrected chi connectivity index (χ4v) is 2.83. The lowest BCUT2D eigenvalue weighted by molar-refractivity contribution is 0.0698. The van der Waals surface area contributed by atoms with E-state index in [2.05, 4.69) is 31.5 Å². The second-order valence-corrected chi connectivity index (χ2v) is 5.93. The van der Waals surface area contributed by atoms with Gasteiger partial charge in [0, 0.05) is 9.35 Å². The minimum absolute atomic E-state index is 0.0218. The summed E-state index contributed by atoms with van der Waals surface area (Å²) in [6, 6.07) is 4.21. The molecule has 1 aromatic heterocycles. The second kappa shape index (κ2) is 6.68. The fraction of sp³-hybridized carbons (Fsp3) is 0.154. The van der Waals surface area contributed by atoms with Gasteiger partial charge in [0.15, 0.2) is 0 Å². The lowest BCUT2D eigenvalue weighted by Crippen LogP contribution is -2.29. The zero-order chi connectivity index (χ0) is 15.4. The van der Waals surface area contributed by atoms with Gasteiger partial charge in [0.2, 0.25) is 0 Å². The van der Waals surface area contributed by atoms with Crippen molar-refractivity contribution in [2.75, 3.05) is 5.32 Å². The number of hydrogen-bond acceptors (Lipinski definition) is 4. The van der Waals surface area contributed by atoms with Gasteiger partial charge in [-0.25, -0.2) is 14.6 Å². The summed E-state index contributed by atoms with van der Waals surface area (Å²) < 4.78 is 0.506. The Morgan fingerprint density at radius 1 is 1.43 bits per heavy atom. The Morgan fingerprint density at radius 3 is 2.81 bits per heavy atom. The number of anilines is 1. The maximum atomic E-state index is 11.9. The lowest BCUT2D eigenvalue weighted by atomic mass is 10.2. The highest BCUT2D eigenvalue weighted by Crippen LogP contribution is 2.26. The number of urea groups is 1. The van der Waals surface area contributed by atoms with E-state index in [-0.39, 0.29) is 11.3 Å². The lowest BCUT2D eigenvalue weighted by Gasteiger charge is -2.11. The van der Waals surface area contributed by atoms with Crippen molar-refractivity contribution < 1.29 is 14.7 Å². The minimum Gasteiger partial charge on any atom is -0.478 e. The van der Waals surface area contributed by atoms with E-state index >= 15 is 0 Å². The average Bonchev–Trinajstić information content (AvgIpc) is 2.84. The van der Waals surface area contributed by atoms with Crippen molar-refractivity contribution in [3.05, 3.63) is 44.3 Å². The first-order valence-corrected chi connectivity index (χ1v) is 7.62. The summed E-state index contributed by atoms with van der Waals surface area (Å²) in [6.07, 6.45) is 0. The Kier molecular flexibility index (Phi) is 4.92. The minimum atomic E-state index is -1.11. The van der Waals surface area contributed by atoms with Crippen LogP contribution in [0.25, 0.3) is 0 Å². The highest BCUT2D eigenvalue weighted by atomic mass is 79.9. The molecule has 8 heteroatoms. The predicted octanol–water partition coefficient (Wildman–Crippen LogP) is 3.23. The third-order valence-corrected chi connectivity index (χ3v) is 4.33. The summed E-state index contributed by atoms with van der Waals surface area (Å²) in [4.78, 5) is 28.1. The van der Waals surface area contributed by atoms with E-state index < -0.39 is 12.0 Å². The number of carbonyl (C=O) groups excluding carboxylic acids is 1. The number of thiazole rings is 1. The fourth-order valence-electron chi connectivity index (χ4n) is 1.64. The average molecular weight is 370 g/mol. The van der Waals surface area contributed by atoms with Crippen molar-refractivity contribution in [1.82, 2.24) is 10.3 Å². The molecular formula is C13H12BrN3O3S. The van der Waals surface area contributed by atoms with Crippen molar-refractivity contribution in [3.63, 3.8) is 0 Å². The number of nitrogens with one attached hydrogen (secondary N) is 2. The number of para-hydroxylation sites is 1. The third-order valence-electron chi connectivity index (χ3n) is 2.74. The third kappa shape index (κ3) is 3.79. The summed E-state index contributed by atoms with van der Waals surface area (Å²) in [5.41, 5.74) is 2.82. The zero-order valence-electron chi connectivity index (χ0n) is 11.0. The van der Waals surface area contributed by atoms with Crippen LogP contribution in [-0.4, -0.2) is 22.1 Å². The van der Waals surface area contributed by atoms with Crippen molar-refractivity contribution in [2.24, 2.45) is 0 Å². The van der Waals surface area contributed by atoms with Gasteiger partial charge in [-0.05, 0) is 35.0 Å². The van der Waals surface area contributed by atoms with E-state index in [0.29, 0.717) is 11.0 Å². The molecular weight excluding hydrogens is 358 g/mol. The molecule has 1 aromatic carbocycles. The summed E-state index contributed by atoms with van der Waals surface area (Å²) in [5.74, 6) is -1.11. The van der Waals surface area contributed by atoms with E-state index in [1.165, 1.54) is 17.4 Å². The summed E-state index contributed by atoms with van der Waals surface area (Å²) in [5, 5.41) is 14.3. The molecule has 0 saturated carbocycles. The van der Waals surface area contributed by atoms with Gasteiger partial charge in [0.25, 0.3) is 0 Å². The molecule has 0 fully saturated rings. The molecule has 0 radical (unpaired) electrons. The highest BCUT2D eigenvalue weighted by Gasteiger charge is 2.15. The number of aryl methyl sites for hydroxylation is 1. The van der Waals surface area contributed by atoms with Gasteiger partial charge in [-0.1, -0.05) is 6.07 Å². The number of carboxylic acid groups (broad SMARTS) is 1. The maximum Gasteiger partial charge on any atom is 0.337 e. The molecule has 0 aliphatic rings. The number of hydrogen-bond donors (Lipinski definition) is 3. The Bertz CT molecular complexity index is 687. The second-order valence-electron chi connectivity index (χ2n) is 4.14. The molecule has 3 N–H and O–H groups in total. The number of carboxylic acids is 1. The standard InChI is InChI=1S/C13H12BrN3O3S/c1-7-10(21-6-16-7)5-15-13(20)17-11-8(12(18)19)3-2-4-9(11)14/h2-4,6H,5H2,1H3,(H,18,19)(H2,15,17,20). The topological polar surface area (TPSA) is 91.3 Å². The van der Waals surface area contributed by atoms with Crippen molar-refractivity contribution in [3.8, 4) is 0 Å². The summed E-state index contributed by atoms with van der Waals surface area (Å²) in [6.45, 7) is 2.21. The molecule has 0 bridgehead atoms. The molecule has 0 saturated heterocycles. The largest absolute Gasteiger partial charge is 0.478 e. The molecule has 21 heavy (non-hydrogen) atoms. The van der Waals surface area contributed by atoms with Crippen molar-refractivity contribution in [2.45, 2.75) is 13.5 Å². The Hall–Kier alpha value is -1.93. The van der Waals surface area contributed by atoms with Crippen LogP contribution in [-0.2, 0) is 6.54 Å². The van der Waals surface area contributed by atoms with Crippen LogP contribution in [0.4, 0.5) is 10.5 Å². The summed E-state index contributed by atoms with van der Waals surface area (Å²) in [7, 11) is 0. The van der Waals surface area contributed by atoms with Crippen LogP contribution in [0, 0.1) is 6.92 Å². The van der Waals surface area contributed by atoms with E-state index in [4.69, 9.17) is 5.11 Å². The molecule has 0 aliphatic carbocycles. The van der Waals surface area contributed by atoms with Crippen LogP contribution in [0.2, 0.25) is 0 Å². The van der Waals surface area contributed by atoms with Crippen molar-refractivity contribution >= 4 is 45.0 Å². The van der Waals surface area contributed by atoms with Crippen LogP contribution in [0.3, 0.4) is 0 Å². The number of rotatable bonds is 4. The Balaban J connectivity index is 2.06. The van der Waals surface area contributed by atoms with Crippen LogP contribution < -0.4 is 10.6 Å². The highest BCUT2D eigenvalue weighted by molar-refractivity contribution is 9.10. The van der Waals surface area contributed by atoms with E-state index in [0.717, 1.165) is 10.6 Å². The van der Waals surface area contributed by atoms with Crippen LogP contribution in [0.5, 0.6) is 0 Å². The maximum absolute atomic E-state index is 11.9. The van der Waals surface area contributed by atoms with Gasteiger partial charge in [-0.3, -0.25) is 0 Å². The molecule has 0 aliphatic heterocycles. The first-order chi connectivity index (χ1) is 9.99. The zero-order valence-corrected chi connectivity index (χ0v) is 13.4. The van der Waals surface area contributed by atoms with E-state index in [1.54, 1.807) is 17.6 Å². The molecule has 6 nitrogen and oxygen atoms in total. The monoisotopic (exact) mass is 369 g/mol. The van der Waals surface area contributed by atoms with Crippen LogP contribution >= 0.6 is 27.3 Å². The van der Waals surface area contributed by atoms with Gasteiger partial charge in [-0.2, -0.15) is 0 Å². The van der Waals surface area contributed by atoms with Gasteiger partial charge < -0.3 is 15.7 Å². The van der Waals surface area contributed by atoms with Crippen LogP contribution in [0.1, 0.15) is 20.9 Å². The van der Waals surface area contributed by atoms with Gasteiger partial charge in [0.1, 0.15) is 0 Å². The molecule has 1 heterocycles. The van der Waals surface area contributed by atoms with Gasteiger partial charge in [0.05, 0.1) is 29.0 Å². The smallest absolute Gasteiger partial charge is 0.337 e.